The van der Waals surface area contributed by atoms with Crippen molar-refractivity contribution in [2.45, 2.75) is 28.7 Å². The van der Waals surface area contributed by atoms with E-state index in [9.17, 15) is 16.8 Å². The molecule has 0 saturated carbocycles. The van der Waals surface area contributed by atoms with Crippen LogP contribution in [0.5, 0.6) is 0 Å². The summed E-state index contributed by atoms with van der Waals surface area (Å²) in [5, 5.41) is 2.98. The van der Waals surface area contributed by atoms with Gasteiger partial charge in [0.1, 0.15) is 4.90 Å². The largest absolute Gasteiger partial charge is 0.318 e. The van der Waals surface area contributed by atoms with E-state index in [-0.39, 0.29) is 15.8 Å². The van der Waals surface area contributed by atoms with Crippen molar-refractivity contribution in [1.82, 2.24) is 9.62 Å². The maximum absolute atomic E-state index is 12.8. The van der Waals surface area contributed by atoms with Gasteiger partial charge < -0.3 is 5.32 Å². The zero-order chi connectivity index (χ0) is 15.7. The molecule has 21 heavy (non-hydrogen) atoms. The van der Waals surface area contributed by atoms with Gasteiger partial charge in [-0.15, -0.1) is 0 Å². The lowest BCUT2D eigenvalue weighted by molar-refractivity contribution is 0.378. The molecule has 1 saturated heterocycles. The Balaban J connectivity index is 2.50. The fraction of sp³-hybridized carbons (Fsp3) is 0.538. The number of likely N-dealkylation sites (N-methyl/N-ethyl adjacent to an activating group) is 1. The third-order valence-electron chi connectivity index (χ3n) is 3.60. The lowest BCUT2D eigenvalue weighted by atomic mass is 10.2. The molecule has 1 aliphatic rings. The van der Waals surface area contributed by atoms with Crippen molar-refractivity contribution in [1.29, 1.82) is 0 Å². The van der Waals surface area contributed by atoms with E-state index in [1.807, 2.05) is 0 Å². The summed E-state index contributed by atoms with van der Waals surface area (Å²) in [6.07, 6.45) is 2.59. The van der Waals surface area contributed by atoms with Gasteiger partial charge in [0, 0.05) is 25.4 Å². The van der Waals surface area contributed by atoms with Gasteiger partial charge in [0.15, 0.2) is 9.84 Å². The van der Waals surface area contributed by atoms with E-state index < -0.39 is 19.9 Å². The number of rotatable bonds is 5. The van der Waals surface area contributed by atoms with Crippen molar-refractivity contribution in [2.24, 2.45) is 0 Å². The van der Waals surface area contributed by atoms with Gasteiger partial charge in [0.25, 0.3) is 0 Å². The van der Waals surface area contributed by atoms with E-state index in [1.54, 1.807) is 13.1 Å². The fourth-order valence-electron chi connectivity index (χ4n) is 2.66. The van der Waals surface area contributed by atoms with E-state index in [4.69, 9.17) is 0 Å². The first-order chi connectivity index (χ1) is 9.78. The molecule has 1 fully saturated rings. The van der Waals surface area contributed by atoms with E-state index in [1.165, 1.54) is 22.5 Å². The van der Waals surface area contributed by atoms with Crippen molar-refractivity contribution >= 4 is 19.9 Å². The number of sulfone groups is 1. The Morgan fingerprint density at radius 3 is 2.38 bits per heavy atom. The van der Waals surface area contributed by atoms with Crippen molar-refractivity contribution in [3.05, 3.63) is 24.3 Å². The second-order valence-corrected chi connectivity index (χ2v) is 9.03. The molecule has 1 aromatic carbocycles. The highest BCUT2D eigenvalue weighted by molar-refractivity contribution is 7.93. The van der Waals surface area contributed by atoms with Gasteiger partial charge in [0.05, 0.1) is 4.90 Å². The summed E-state index contributed by atoms with van der Waals surface area (Å²) in [5.74, 6) is 0. The Morgan fingerprint density at radius 1 is 1.19 bits per heavy atom. The van der Waals surface area contributed by atoms with E-state index in [2.05, 4.69) is 5.32 Å². The first-order valence-electron chi connectivity index (χ1n) is 6.74. The van der Waals surface area contributed by atoms with Crippen molar-refractivity contribution < 1.29 is 16.8 Å². The van der Waals surface area contributed by atoms with Crippen LogP contribution in [0.25, 0.3) is 0 Å². The number of nitrogens with zero attached hydrogens (tertiary/aromatic N) is 1. The molecule has 0 bridgehead atoms. The van der Waals surface area contributed by atoms with Crippen molar-refractivity contribution in [2.75, 3.05) is 26.4 Å². The minimum absolute atomic E-state index is 0.129. The average Bonchev–Trinajstić information content (AvgIpc) is 2.87. The molecule has 1 aliphatic heterocycles. The lowest BCUT2D eigenvalue weighted by Crippen LogP contribution is -2.41. The Morgan fingerprint density at radius 2 is 1.81 bits per heavy atom. The van der Waals surface area contributed by atoms with Crippen molar-refractivity contribution in [3.8, 4) is 0 Å². The van der Waals surface area contributed by atoms with Crippen LogP contribution in [0.15, 0.2) is 34.1 Å². The fourth-order valence-corrected chi connectivity index (χ4v) is 5.96. The first kappa shape index (κ1) is 16.4. The van der Waals surface area contributed by atoms with Crippen LogP contribution in [-0.4, -0.2) is 53.6 Å². The molecule has 1 aromatic rings. The quantitative estimate of drug-likeness (QED) is 0.847. The molecule has 1 atom stereocenters. The molecular weight excluding hydrogens is 312 g/mol. The molecule has 0 amide bonds. The molecule has 118 valence electrons. The summed E-state index contributed by atoms with van der Waals surface area (Å²) in [6.45, 7) is 0.979. The van der Waals surface area contributed by atoms with E-state index >= 15 is 0 Å². The third kappa shape index (κ3) is 3.28. The maximum atomic E-state index is 12.8. The lowest BCUT2D eigenvalue weighted by Gasteiger charge is -2.24. The van der Waals surface area contributed by atoms with Crippen LogP contribution in [0.2, 0.25) is 0 Å². The maximum Gasteiger partial charge on any atom is 0.244 e. The minimum atomic E-state index is -3.81. The molecule has 1 N–H and O–H groups in total. The third-order valence-corrected chi connectivity index (χ3v) is 6.89. The van der Waals surface area contributed by atoms with Crippen LogP contribution >= 0.6 is 0 Å². The molecule has 0 aromatic heterocycles. The number of sulfonamides is 1. The van der Waals surface area contributed by atoms with Gasteiger partial charge in [-0.2, -0.15) is 4.31 Å². The predicted molar refractivity (Wildman–Crippen MR) is 80.4 cm³/mol. The summed E-state index contributed by atoms with van der Waals surface area (Å²) >= 11 is 0. The number of hydrogen-bond donors (Lipinski definition) is 1. The number of nitrogens with one attached hydrogen (secondary N) is 1. The molecule has 0 radical (unpaired) electrons. The molecule has 6 nitrogen and oxygen atoms in total. The van der Waals surface area contributed by atoms with Crippen LogP contribution in [0, 0.1) is 0 Å². The molecule has 0 spiro atoms. The SMILES string of the molecule is CNC[C@H]1CCCN1S(=O)(=O)c1ccccc1S(C)(=O)=O. The molecule has 0 aliphatic carbocycles. The highest BCUT2D eigenvalue weighted by atomic mass is 32.2. The van der Waals surface area contributed by atoms with Gasteiger partial charge >= 0.3 is 0 Å². The molecule has 2 rings (SSSR count). The second-order valence-electron chi connectivity index (χ2n) is 5.19. The Kier molecular flexibility index (Phi) is 4.72. The number of benzene rings is 1. The summed E-state index contributed by atoms with van der Waals surface area (Å²) in [7, 11) is -5.64. The summed E-state index contributed by atoms with van der Waals surface area (Å²) in [5.41, 5.74) is 0. The second kappa shape index (κ2) is 6.04. The molecule has 0 unspecified atom stereocenters. The average molecular weight is 332 g/mol. The zero-order valence-corrected chi connectivity index (χ0v) is 13.7. The Hall–Kier alpha value is -0.960. The van der Waals surface area contributed by atoms with Gasteiger partial charge in [-0.1, -0.05) is 12.1 Å². The minimum Gasteiger partial charge on any atom is -0.318 e. The molecular formula is C13H20N2O4S2. The molecule has 8 heteroatoms. The van der Waals surface area contributed by atoms with E-state index in [0.717, 1.165) is 19.1 Å². The first-order valence-corrected chi connectivity index (χ1v) is 10.1. The summed E-state index contributed by atoms with van der Waals surface area (Å²) < 4.78 is 50.7. The van der Waals surface area contributed by atoms with Gasteiger partial charge in [0.2, 0.25) is 10.0 Å². The predicted octanol–water partition coefficient (Wildman–Crippen LogP) is 0.463. The smallest absolute Gasteiger partial charge is 0.244 e. The Bertz CT molecular complexity index is 713. The van der Waals surface area contributed by atoms with Crippen LogP contribution in [0.1, 0.15) is 12.8 Å². The normalized spacial score (nSPS) is 20.8. The van der Waals surface area contributed by atoms with Crippen LogP contribution in [-0.2, 0) is 19.9 Å². The van der Waals surface area contributed by atoms with Gasteiger partial charge in [-0.3, -0.25) is 0 Å². The van der Waals surface area contributed by atoms with Gasteiger partial charge in [-0.05, 0) is 32.0 Å². The summed E-state index contributed by atoms with van der Waals surface area (Å²) in [6, 6.07) is 5.65. The number of hydrogen-bond acceptors (Lipinski definition) is 5. The van der Waals surface area contributed by atoms with Crippen LogP contribution < -0.4 is 5.32 Å². The van der Waals surface area contributed by atoms with Crippen LogP contribution in [0.4, 0.5) is 0 Å². The topological polar surface area (TPSA) is 83.6 Å². The summed E-state index contributed by atoms with van der Waals surface area (Å²) in [4.78, 5) is -0.268. The monoisotopic (exact) mass is 332 g/mol. The molecule has 1 heterocycles. The standard InChI is InChI=1S/C13H20N2O4S2/c1-14-10-11-6-5-9-15(11)21(18,19)13-8-4-3-7-12(13)20(2,16)17/h3-4,7-8,11,14H,5-6,9-10H2,1-2H3/t11-/m1/s1. The Labute approximate surface area is 126 Å². The van der Waals surface area contributed by atoms with E-state index in [0.29, 0.717) is 13.1 Å². The zero-order valence-electron chi connectivity index (χ0n) is 12.1. The van der Waals surface area contributed by atoms with Gasteiger partial charge in [-0.25, -0.2) is 16.8 Å². The highest BCUT2D eigenvalue weighted by Gasteiger charge is 2.37. The van der Waals surface area contributed by atoms with Crippen molar-refractivity contribution in [3.63, 3.8) is 0 Å². The van der Waals surface area contributed by atoms with Crippen LogP contribution in [0.3, 0.4) is 0 Å². The highest BCUT2D eigenvalue weighted by Crippen LogP contribution is 2.29.